The SMILES string of the molecule is CCOC(=O)N1CCN(S(=O)(=O)c2ccc(C(=O)Nc3ccc(-c4nc5ccccc5o4)cc3)cc2)CC1. The fourth-order valence-electron chi connectivity index (χ4n) is 4.15. The Morgan fingerprint density at radius 1 is 0.947 bits per heavy atom. The summed E-state index contributed by atoms with van der Waals surface area (Å²) in [6.07, 6.45) is -0.444. The van der Waals surface area contributed by atoms with Crippen LogP contribution in [0.3, 0.4) is 0 Å². The van der Waals surface area contributed by atoms with Crippen molar-refractivity contribution in [3.05, 3.63) is 78.4 Å². The van der Waals surface area contributed by atoms with Gasteiger partial charge in [0.1, 0.15) is 5.52 Å². The summed E-state index contributed by atoms with van der Waals surface area (Å²) < 4.78 is 38.2. The Bertz CT molecular complexity index is 1520. The van der Waals surface area contributed by atoms with Crippen LogP contribution in [-0.4, -0.2) is 67.4 Å². The molecular formula is C27H26N4O6S. The summed E-state index contributed by atoms with van der Waals surface area (Å²) in [6.45, 7) is 2.84. The molecule has 2 amide bonds. The summed E-state index contributed by atoms with van der Waals surface area (Å²) >= 11 is 0. The highest BCUT2D eigenvalue weighted by Crippen LogP contribution is 2.25. The molecule has 0 spiro atoms. The molecule has 0 unspecified atom stereocenters. The predicted octanol–water partition coefficient (Wildman–Crippen LogP) is 4.21. The smallest absolute Gasteiger partial charge is 0.409 e. The molecule has 4 aromatic rings. The van der Waals surface area contributed by atoms with Crippen LogP contribution in [0.4, 0.5) is 10.5 Å². The van der Waals surface area contributed by atoms with Gasteiger partial charge < -0.3 is 19.4 Å². The van der Waals surface area contributed by atoms with Gasteiger partial charge in [-0.3, -0.25) is 4.79 Å². The zero-order valence-corrected chi connectivity index (χ0v) is 21.5. The van der Waals surface area contributed by atoms with E-state index in [1.54, 1.807) is 31.2 Å². The van der Waals surface area contributed by atoms with Gasteiger partial charge in [0.25, 0.3) is 5.91 Å². The number of piperazine rings is 1. The molecule has 0 saturated carbocycles. The van der Waals surface area contributed by atoms with Crippen molar-refractivity contribution in [2.45, 2.75) is 11.8 Å². The van der Waals surface area contributed by atoms with Crippen molar-refractivity contribution in [3.63, 3.8) is 0 Å². The zero-order chi connectivity index (χ0) is 26.7. The van der Waals surface area contributed by atoms with Crippen LogP contribution in [0.15, 0.2) is 82.1 Å². The molecule has 196 valence electrons. The normalized spacial score (nSPS) is 14.4. The molecular weight excluding hydrogens is 508 g/mol. The van der Waals surface area contributed by atoms with Gasteiger partial charge in [0.15, 0.2) is 5.58 Å². The molecule has 1 N–H and O–H groups in total. The Morgan fingerprint density at radius 2 is 1.63 bits per heavy atom. The Labute approximate surface area is 219 Å². The highest BCUT2D eigenvalue weighted by atomic mass is 32.2. The van der Waals surface area contributed by atoms with E-state index in [0.717, 1.165) is 11.1 Å². The lowest BCUT2D eigenvalue weighted by Gasteiger charge is -2.33. The minimum Gasteiger partial charge on any atom is -0.450 e. The molecule has 1 aliphatic heterocycles. The fourth-order valence-corrected chi connectivity index (χ4v) is 5.57. The molecule has 0 aliphatic carbocycles. The Hall–Kier alpha value is -4.22. The van der Waals surface area contributed by atoms with Crippen LogP contribution in [0, 0.1) is 0 Å². The van der Waals surface area contributed by atoms with E-state index in [1.165, 1.54) is 33.5 Å². The van der Waals surface area contributed by atoms with Crippen molar-refractivity contribution in [1.82, 2.24) is 14.2 Å². The highest BCUT2D eigenvalue weighted by Gasteiger charge is 2.30. The summed E-state index contributed by atoms with van der Waals surface area (Å²) in [5.41, 5.74) is 3.13. The van der Waals surface area contributed by atoms with Crippen molar-refractivity contribution in [2.75, 3.05) is 38.1 Å². The van der Waals surface area contributed by atoms with Crippen LogP contribution >= 0.6 is 0 Å². The van der Waals surface area contributed by atoms with Crippen molar-refractivity contribution in [2.24, 2.45) is 0 Å². The molecule has 1 aliphatic rings. The summed E-state index contributed by atoms with van der Waals surface area (Å²) in [7, 11) is -3.76. The third-order valence-electron chi connectivity index (χ3n) is 6.20. The van der Waals surface area contributed by atoms with E-state index in [0.29, 0.717) is 22.7 Å². The zero-order valence-electron chi connectivity index (χ0n) is 20.7. The molecule has 0 bridgehead atoms. The van der Waals surface area contributed by atoms with Crippen LogP contribution in [0.1, 0.15) is 17.3 Å². The molecule has 3 aromatic carbocycles. The maximum atomic E-state index is 13.0. The number of rotatable bonds is 6. The number of fused-ring (bicyclic) bond motifs is 1. The van der Waals surface area contributed by atoms with E-state index in [1.807, 2.05) is 24.3 Å². The van der Waals surface area contributed by atoms with Gasteiger partial charge in [-0.1, -0.05) is 12.1 Å². The number of carbonyl (C=O) groups is 2. The van der Waals surface area contributed by atoms with Crippen LogP contribution in [0.2, 0.25) is 0 Å². The first-order valence-electron chi connectivity index (χ1n) is 12.1. The van der Waals surface area contributed by atoms with E-state index in [9.17, 15) is 18.0 Å². The minimum atomic E-state index is -3.76. The molecule has 1 saturated heterocycles. The van der Waals surface area contributed by atoms with Gasteiger partial charge in [-0.15, -0.1) is 0 Å². The molecule has 1 fully saturated rings. The number of hydrogen-bond donors (Lipinski definition) is 1. The number of ether oxygens (including phenoxy) is 1. The molecule has 2 heterocycles. The lowest BCUT2D eigenvalue weighted by molar-refractivity contribution is 0.0933. The summed E-state index contributed by atoms with van der Waals surface area (Å²) in [5, 5.41) is 2.81. The number of carbonyl (C=O) groups excluding carboxylic acids is 2. The van der Waals surface area contributed by atoms with Crippen LogP contribution in [-0.2, 0) is 14.8 Å². The summed E-state index contributed by atoms with van der Waals surface area (Å²) in [5.74, 6) is 0.120. The average molecular weight is 535 g/mol. The van der Waals surface area contributed by atoms with E-state index >= 15 is 0 Å². The van der Waals surface area contributed by atoms with E-state index < -0.39 is 16.1 Å². The Morgan fingerprint density at radius 3 is 2.29 bits per heavy atom. The summed E-state index contributed by atoms with van der Waals surface area (Å²) in [6, 6.07) is 20.4. The molecule has 11 heteroatoms. The third kappa shape index (κ3) is 5.24. The number of oxazole rings is 1. The fraction of sp³-hybridized carbons (Fsp3) is 0.222. The maximum Gasteiger partial charge on any atom is 0.409 e. The lowest BCUT2D eigenvalue weighted by atomic mass is 10.2. The number of aromatic nitrogens is 1. The van der Waals surface area contributed by atoms with Crippen molar-refractivity contribution >= 4 is 38.8 Å². The first-order valence-corrected chi connectivity index (χ1v) is 13.6. The van der Waals surface area contributed by atoms with Gasteiger partial charge in [0.05, 0.1) is 11.5 Å². The first-order chi connectivity index (χ1) is 18.3. The second kappa shape index (κ2) is 10.6. The number of para-hydroxylation sites is 2. The van der Waals surface area contributed by atoms with Crippen LogP contribution in [0.25, 0.3) is 22.6 Å². The van der Waals surface area contributed by atoms with E-state index in [4.69, 9.17) is 9.15 Å². The Kier molecular flexibility index (Phi) is 7.12. The lowest BCUT2D eigenvalue weighted by Crippen LogP contribution is -2.50. The first kappa shape index (κ1) is 25.4. The molecule has 0 atom stereocenters. The van der Waals surface area contributed by atoms with Gasteiger partial charge in [-0.25, -0.2) is 18.2 Å². The van der Waals surface area contributed by atoms with Gasteiger partial charge in [-0.05, 0) is 67.6 Å². The van der Waals surface area contributed by atoms with Gasteiger partial charge >= 0.3 is 6.09 Å². The minimum absolute atomic E-state index is 0.0846. The second-order valence-electron chi connectivity index (χ2n) is 8.63. The monoisotopic (exact) mass is 534 g/mol. The average Bonchev–Trinajstić information content (AvgIpc) is 3.38. The van der Waals surface area contributed by atoms with Gasteiger partial charge in [-0.2, -0.15) is 4.31 Å². The largest absolute Gasteiger partial charge is 0.450 e. The van der Waals surface area contributed by atoms with E-state index in [2.05, 4.69) is 10.3 Å². The molecule has 38 heavy (non-hydrogen) atoms. The number of nitrogens with zero attached hydrogens (tertiary/aromatic N) is 3. The van der Waals surface area contributed by atoms with E-state index in [-0.39, 0.29) is 43.6 Å². The molecule has 1 aromatic heterocycles. The van der Waals surface area contributed by atoms with Crippen LogP contribution < -0.4 is 5.32 Å². The van der Waals surface area contributed by atoms with Gasteiger partial charge in [0.2, 0.25) is 15.9 Å². The number of benzene rings is 3. The number of nitrogens with one attached hydrogen (secondary N) is 1. The van der Waals surface area contributed by atoms with Crippen molar-refractivity contribution < 1.29 is 27.2 Å². The molecule has 10 nitrogen and oxygen atoms in total. The third-order valence-corrected chi connectivity index (χ3v) is 8.12. The highest BCUT2D eigenvalue weighted by molar-refractivity contribution is 7.89. The second-order valence-corrected chi connectivity index (χ2v) is 10.6. The van der Waals surface area contributed by atoms with Crippen molar-refractivity contribution in [3.8, 4) is 11.5 Å². The Balaban J connectivity index is 1.21. The maximum absolute atomic E-state index is 13.0. The molecule has 0 radical (unpaired) electrons. The quantitative estimate of drug-likeness (QED) is 0.393. The standard InChI is InChI=1S/C27H26N4O6S/c1-2-36-27(33)30-15-17-31(18-16-30)38(34,35)22-13-9-19(10-14-22)25(32)28-21-11-7-20(8-12-21)26-29-23-5-3-4-6-24(23)37-26/h3-14H,2,15-18H2,1H3,(H,28,32). The number of hydrogen-bond acceptors (Lipinski definition) is 7. The topological polar surface area (TPSA) is 122 Å². The number of sulfonamides is 1. The number of amides is 2. The van der Waals surface area contributed by atoms with Crippen molar-refractivity contribution in [1.29, 1.82) is 0 Å². The summed E-state index contributed by atoms with van der Waals surface area (Å²) in [4.78, 5) is 30.7. The molecule has 5 rings (SSSR count). The predicted molar refractivity (Wildman–Crippen MR) is 141 cm³/mol. The van der Waals surface area contributed by atoms with Crippen LogP contribution in [0.5, 0.6) is 0 Å². The number of anilines is 1. The van der Waals surface area contributed by atoms with Gasteiger partial charge in [0, 0.05) is 43.0 Å².